The van der Waals surface area contributed by atoms with E-state index >= 15 is 0 Å². The molecule has 1 heterocycles. The first kappa shape index (κ1) is 15.5. The normalized spacial score (nSPS) is 18.6. The van der Waals surface area contributed by atoms with E-state index < -0.39 is 0 Å². The third kappa shape index (κ3) is 3.97. The summed E-state index contributed by atoms with van der Waals surface area (Å²) in [5, 5.41) is 3.22. The van der Waals surface area contributed by atoms with E-state index in [1.165, 1.54) is 0 Å². The number of halogens is 2. The molecule has 0 spiro atoms. The van der Waals surface area contributed by atoms with Crippen LogP contribution in [-0.2, 0) is 11.2 Å². The Bertz CT molecular complexity index is 396. The van der Waals surface area contributed by atoms with Crippen molar-refractivity contribution in [1.29, 1.82) is 0 Å². The summed E-state index contributed by atoms with van der Waals surface area (Å²) in [6.07, 6.45) is 1.56. The van der Waals surface area contributed by atoms with Crippen molar-refractivity contribution in [3.8, 4) is 0 Å². The summed E-state index contributed by atoms with van der Waals surface area (Å²) in [5.74, 6) is 0.227. The minimum absolute atomic E-state index is 0. The molecule has 1 aromatic carbocycles. The van der Waals surface area contributed by atoms with E-state index in [9.17, 15) is 4.79 Å². The van der Waals surface area contributed by atoms with Crippen molar-refractivity contribution in [2.45, 2.75) is 18.9 Å². The fraction of sp³-hybridized carbons (Fsp3) is 0.462. The highest BCUT2D eigenvalue weighted by Gasteiger charge is 2.24. The number of likely N-dealkylation sites (tertiary alicyclic amines) is 1. The lowest BCUT2D eigenvalue weighted by Crippen LogP contribution is -2.34. The van der Waals surface area contributed by atoms with Crippen molar-refractivity contribution in [2.24, 2.45) is 0 Å². The molecule has 1 unspecified atom stereocenters. The molecular formula is C13H18BrClN2O. The number of amides is 1. The standard InChI is InChI=1S/C13H17BrN2O.ClH/c1-15-12-6-7-16(9-12)13(17)8-10-2-4-11(14)5-3-10;/h2-5,12,15H,6-9H2,1H3;1H. The van der Waals surface area contributed by atoms with E-state index in [2.05, 4.69) is 21.2 Å². The van der Waals surface area contributed by atoms with Gasteiger partial charge in [0.2, 0.25) is 5.91 Å². The summed E-state index contributed by atoms with van der Waals surface area (Å²) in [6.45, 7) is 1.72. The van der Waals surface area contributed by atoms with Gasteiger partial charge in [-0.1, -0.05) is 28.1 Å². The number of likely N-dealkylation sites (N-methyl/N-ethyl adjacent to an activating group) is 1. The number of benzene rings is 1. The topological polar surface area (TPSA) is 32.3 Å². The lowest BCUT2D eigenvalue weighted by atomic mass is 10.1. The molecule has 1 atom stereocenters. The lowest BCUT2D eigenvalue weighted by molar-refractivity contribution is -0.129. The predicted molar refractivity (Wildman–Crippen MR) is 79.1 cm³/mol. The number of hydrogen-bond acceptors (Lipinski definition) is 2. The lowest BCUT2D eigenvalue weighted by Gasteiger charge is -2.16. The van der Waals surface area contributed by atoms with Crippen molar-refractivity contribution < 1.29 is 4.79 Å². The fourth-order valence-electron chi connectivity index (χ4n) is 2.11. The molecule has 1 amide bonds. The van der Waals surface area contributed by atoms with Crippen LogP contribution in [0.2, 0.25) is 0 Å². The second-order valence-electron chi connectivity index (χ2n) is 4.42. The Kier molecular flexibility index (Phi) is 6.12. The molecule has 1 aromatic rings. The summed E-state index contributed by atoms with van der Waals surface area (Å²) in [6, 6.07) is 8.40. The largest absolute Gasteiger partial charge is 0.341 e. The van der Waals surface area contributed by atoms with Gasteiger partial charge in [0.05, 0.1) is 6.42 Å². The number of carbonyl (C=O) groups is 1. The monoisotopic (exact) mass is 332 g/mol. The van der Waals surface area contributed by atoms with Crippen LogP contribution < -0.4 is 5.32 Å². The second kappa shape index (κ2) is 7.12. The third-order valence-electron chi connectivity index (χ3n) is 3.22. The zero-order valence-corrected chi connectivity index (χ0v) is 12.8. The van der Waals surface area contributed by atoms with Crippen molar-refractivity contribution in [2.75, 3.05) is 20.1 Å². The van der Waals surface area contributed by atoms with Gasteiger partial charge in [-0.05, 0) is 31.2 Å². The average molecular weight is 334 g/mol. The maximum Gasteiger partial charge on any atom is 0.227 e. The van der Waals surface area contributed by atoms with Crippen molar-refractivity contribution in [1.82, 2.24) is 10.2 Å². The Morgan fingerprint density at radius 1 is 1.44 bits per heavy atom. The first-order chi connectivity index (χ1) is 8.19. The minimum atomic E-state index is 0. The fourth-order valence-corrected chi connectivity index (χ4v) is 2.38. The number of carbonyl (C=O) groups excluding carboxylic acids is 1. The van der Waals surface area contributed by atoms with Gasteiger partial charge in [0, 0.05) is 23.6 Å². The van der Waals surface area contributed by atoms with Crippen LogP contribution in [0.5, 0.6) is 0 Å². The van der Waals surface area contributed by atoms with E-state index in [-0.39, 0.29) is 18.3 Å². The van der Waals surface area contributed by atoms with Gasteiger partial charge in [0.1, 0.15) is 0 Å². The van der Waals surface area contributed by atoms with Crippen LogP contribution in [0.1, 0.15) is 12.0 Å². The first-order valence-electron chi connectivity index (χ1n) is 5.88. The zero-order chi connectivity index (χ0) is 12.3. The van der Waals surface area contributed by atoms with Gasteiger partial charge < -0.3 is 10.2 Å². The van der Waals surface area contributed by atoms with Gasteiger partial charge in [-0.25, -0.2) is 0 Å². The van der Waals surface area contributed by atoms with Gasteiger partial charge >= 0.3 is 0 Å². The van der Waals surface area contributed by atoms with E-state index in [0.717, 1.165) is 29.5 Å². The Balaban J connectivity index is 0.00000162. The number of nitrogens with zero attached hydrogens (tertiary/aromatic N) is 1. The van der Waals surface area contributed by atoms with Crippen LogP contribution in [0.3, 0.4) is 0 Å². The highest BCUT2D eigenvalue weighted by Crippen LogP contribution is 2.14. The van der Waals surface area contributed by atoms with Gasteiger partial charge in [-0.15, -0.1) is 12.4 Å². The van der Waals surface area contributed by atoms with Crippen molar-refractivity contribution in [3.63, 3.8) is 0 Å². The minimum Gasteiger partial charge on any atom is -0.341 e. The van der Waals surface area contributed by atoms with Crippen LogP contribution in [0.15, 0.2) is 28.7 Å². The Labute approximate surface area is 122 Å². The smallest absolute Gasteiger partial charge is 0.227 e. The molecule has 0 aliphatic carbocycles. The molecule has 5 heteroatoms. The van der Waals surface area contributed by atoms with Crippen LogP contribution in [0.4, 0.5) is 0 Å². The Hall–Kier alpha value is -0.580. The average Bonchev–Trinajstić information content (AvgIpc) is 2.81. The third-order valence-corrected chi connectivity index (χ3v) is 3.75. The molecule has 100 valence electrons. The Morgan fingerprint density at radius 2 is 2.11 bits per heavy atom. The molecule has 1 aliphatic rings. The first-order valence-corrected chi connectivity index (χ1v) is 6.68. The molecular weight excluding hydrogens is 316 g/mol. The summed E-state index contributed by atoms with van der Waals surface area (Å²) in [4.78, 5) is 14.0. The summed E-state index contributed by atoms with van der Waals surface area (Å²) in [5.41, 5.74) is 1.08. The SMILES string of the molecule is CNC1CCN(C(=O)Cc2ccc(Br)cc2)C1.Cl. The maximum absolute atomic E-state index is 12.0. The molecule has 1 saturated heterocycles. The molecule has 3 nitrogen and oxygen atoms in total. The summed E-state index contributed by atoms with van der Waals surface area (Å²) >= 11 is 3.39. The highest BCUT2D eigenvalue weighted by molar-refractivity contribution is 9.10. The van der Waals surface area contributed by atoms with Crippen molar-refractivity contribution in [3.05, 3.63) is 34.3 Å². The van der Waals surface area contributed by atoms with Crippen molar-refractivity contribution >= 4 is 34.2 Å². The number of hydrogen-bond donors (Lipinski definition) is 1. The summed E-state index contributed by atoms with van der Waals surface area (Å²) in [7, 11) is 1.95. The highest BCUT2D eigenvalue weighted by atomic mass is 79.9. The van der Waals surface area contributed by atoms with Gasteiger partial charge in [-0.3, -0.25) is 4.79 Å². The van der Waals surface area contributed by atoms with E-state index in [4.69, 9.17) is 0 Å². The predicted octanol–water partition coefficient (Wildman–Crippen LogP) is 2.23. The molecule has 18 heavy (non-hydrogen) atoms. The molecule has 2 rings (SSSR count). The van der Waals surface area contributed by atoms with Crippen LogP contribution in [0, 0.1) is 0 Å². The molecule has 0 aromatic heterocycles. The van der Waals surface area contributed by atoms with E-state index in [1.807, 2.05) is 36.2 Å². The van der Waals surface area contributed by atoms with Gasteiger partial charge in [-0.2, -0.15) is 0 Å². The van der Waals surface area contributed by atoms with E-state index in [0.29, 0.717) is 12.5 Å². The quantitative estimate of drug-likeness (QED) is 0.920. The van der Waals surface area contributed by atoms with Crippen LogP contribution >= 0.6 is 28.3 Å². The molecule has 1 fully saturated rings. The van der Waals surface area contributed by atoms with E-state index in [1.54, 1.807) is 0 Å². The number of rotatable bonds is 3. The van der Waals surface area contributed by atoms with Gasteiger partial charge in [0.15, 0.2) is 0 Å². The molecule has 0 saturated carbocycles. The van der Waals surface area contributed by atoms with Crippen LogP contribution in [-0.4, -0.2) is 37.0 Å². The summed E-state index contributed by atoms with van der Waals surface area (Å²) < 4.78 is 1.05. The second-order valence-corrected chi connectivity index (χ2v) is 5.33. The molecule has 1 N–H and O–H groups in total. The van der Waals surface area contributed by atoms with Gasteiger partial charge in [0.25, 0.3) is 0 Å². The molecule has 0 bridgehead atoms. The molecule has 1 aliphatic heterocycles. The zero-order valence-electron chi connectivity index (χ0n) is 10.4. The number of nitrogens with one attached hydrogen (secondary N) is 1. The van der Waals surface area contributed by atoms with Crippen LogP contribution in [0.25, 0.3) is 0 Å². The molecule has 0 radical (unpaired) electrons. The Morgan fingerprint density at radius 3 is 2.67 bits per heavy atom. The maximum atomic E-state index is 12.0.